The molecule has 0 saturated carbocycles. The van der Waals surface area contributed by atoms with Crippen LogP contribution in [-0.2, 0) is 11.3 Å². The van der Waals surface area contributed by atoms with Crippen molar-refractivity contribution in [3.63, 3.8) is 0 Å². The van der Waals surface area contributed by atoms with E-state index in [4.69, 9.17) is 16.6 Å². The highest BCUT2D eigenvalue weighted by Gasteiger charge is 2.40. The summed E-state index contributed by atoms with van der Waals surface area (Å²) in [5, 5.41) is 7.57. The number of nitrogens with one attached hydrogen (secondary N) is 1. The zero-order chi connectivity index (χ0) is 24.3. The zero-order valence-corrected chi connectivity index (χ0v) is 23.2. The van der Waals surface area contributed by atoms with Crippen LogP contribution >= 0.6 is 22.9 Å². The molecule has 1 saturated heterocycles. The van der Waals surface area contributed by atoms with Crippen LogP contribution in [0.3, 0.4) is 0 Å². The maximum absolute atomic E-state index is 13.6. The van der Waals surface area contributed by atoms with E-state index < -0.39 is 0 Å². The van der Waals surface area contributed by atoms with E-state index in [-0.39, 0.29) is 41.7 Å². The number of carbonyl (C=O) groups is 1. The van der Waals surface area contributed by atoms with E-state index in [9.17, 15) is 4.79 Å². The number of nitrogens with zero attached hydrogens (tertiary/aromatic N) is 2. The van der Waals surface area contributed by atoms with Gasteiger partial charge < -0.3 is 15.9 Å². The SMILES string of the molecule is C.CC(C)[C@@H](NCc1csc(C2C=CC=CC2)n1)C(=O)N1CC[C@H](c2ccc(Cl)cc2)C(C)(C)C1.O.O. The number of allylic oxidation sites excluding steroid dienone is 4. The molecule has 206 valence electrons. The van der Waals surface area contributed by atoms with E-state index in [0.29, 0.717) is 18.4 Å². The van der Waals surface area contributed by atoms with Crippen molar-refractivity contribution >= 4 is 28.8 Å². The Bertz CT molecular complexity index is 1050. The van der Waals surface area contributed by atoms with Gasteiger partial charge in [-0.1, -0.05) is 83.2 Å². The van der Waals surface area contributed by atoms with Crippen LogP contribution < -0.4 is 5.32 Å². The number of hydrogen-bond acceptors (Lipinski definition) is 4. The number of carbonyl (C=O) groups excluding carboxylic acids is 1. The lowest BCUT2D eigenvalue weighted by atomic mass is 9.70. The molecule has 1 unspecified atom stereocenters. The standard InChI is InChI=1S/C28H36ClN3OS.CH4.2H2O/c1-19(2)25(30-16-23-17-34-26(31-23)21-8-6-5-7-9-21)27(33)32-15-14-24(28(3,4)18-32)20-10-12-22(29)13-11-20;;;/h5-8,10-13,17,19,21,24-25,30H,9,14-16,18H2,1-4H3;1H4;2*1H2/t21?,24-,25-;;;/m1.../s1. The molecular weight excluding hydrogens is 506 g/mol. The summed E-state index contributed by atoms with van der Waals surface area (Å²) in [4.78, 5) is 20.5. The van der Waals surface area contributed by atoms with Crippen molar-refractivity contribution in [1.82, 2.24) is 15.2 Å². The quantitative estimate of drug-likeness (QED) is 0.489. The molecule has 3 atom stereocenters. The molecule has 37 heavy (non-hydrogen) atoms. The number of hydrogen-bond donors (Lipinski definition) is 1. The van der Waals surface area contributed by atoms with Gasteiger partial charge in [-0.05, 0) is 47.8 Å². The Morgan fingerprint density at radius 1 is 1.22 bits per heavy atom. The minimum absolute atomic E-state index is 0. The second kappa shape index (κ2) is 14.2. The fourth-order valence-electron chi connectivity index (χ4n) is 5.22. The average molecular weight is 550 g/mol. The van der Waals surface area contributed by atoms with Crippen molar-refractivity contribution in [2.45, 2.75) is 72.4 Å². The van der Waals surface area contributed by atoms with E-state index in [1.54, 1.807) is 11.3 Å². The van der Waals surface area contributed by atoms with Gasteiger partial charge in [0.1, 0.15) is 5.01 Å². The molecule has 1 amide bonds. The van der Waals surface area contributed by atoms with Crippen molar-refractivity contribution in [2.75, 3.05) is 13.1 Å². The lowest BCUT2D eigenvalue weighted by Gasteiger charge is -2.46. The predicted octanol–water partition coefficient (Wildman–Crippen LogP) is 5.54. The molecule has 2 aromatic rings. The lowest BCUT2D eigenvalue weighted by molar-refractivity contribution is -0.138. The Morgan fingerprint density at radius 3 is 2.51 bits per heavy atom. The zero-order valence-electron chi connectivity index (χ0n) is 21.6. The topological polar surface area (TPSA) is 108 Å². The maximum atomic E-state index is 13.6. The Morgan fingerprint density at radius 2 is 1.92 bits per heavy atom. The van der Waals surface area contributed by atoms with Gasteiger partial charge in [-0.2, -0.15) is 0 Å². The number of rotatable bonds is 7. The first-order valence-electron chi connectivity index (χ1n) is 12.3. The fourth-order valence-corrected chi connectivity index (χ4v) is 6.25. The van der Waals surface area contributed by atoms with Crippen molar-refractivity contribution < 1.29 is 15.7 Å². The van der Waals surface area contributed by atoms with Gasteiger partial charge in [-0.3, -0.25) is 10.1 Å². The molecule has 5 N–H and O–H groups in total. The highest BCUT2D eigenvalue weighted by atomic mass is 35.5. The molecule has 6 nitrogen and oxygen atoms in total. The highest BCUT2D eigenvalue weighted by molar-refractivity contribution is 7.09. The molecule has 1 fully saturated rings. The van der Waals surface area contributed by atoms with E-state index in [0.717, 1.165) is 41.7 Å². The van der Waals surface area contributed by atoms with Gasteiger partial charge in [0.2, 0.25) is 5.91 Å². The van der Waals surface area contributed by atoms with Crippen LogP contribution in [0.1, 0.15) is 76.1 Å². The molecular formula is C29H44ClN3O3S. The van der Waals surface area contributed by atoms with Gasteiger partial charge in [0.25, 0.3) is 0 Å². The van der Waals surface area contributed by atoms with Crippen LogP contribution in [0.15, 0.2) is 53.9 Å². The average Bonchev–Trinajstić information content (AvgIpc) is 3.29. The molecule has 1 aliphatic carbocycles. The molecule has 2 heterocycles. The Kier molecular flexibility index (Phi) is 12.7. The maximum Gasteiger partial charge on any atom is 0.239 e. The minimum Gasteiger partial charge on any atom is -0.412 e. The third kappa shape index (κ3) is 7.98. The van der Waals surface area contributed by atoms with Gasteiger partial charge in [-0.15, -0.1) is 11.3 Å². The summed E-state index contributed by atoms with van der Waals surface area (Å²) in [6.45, 7) is 10.9. The summed E-state index contributed by atoms with van der Waals surface area (Å²) in [6.07, 6.45) is 10.6. The fraction of sp³-hybridized carbons (Fsp3) is 0.517. The first-order chi connectivity index (χ1) is 16.2. The van der Waals surface area contributed by atoms with Crippen LogP contribution in [0, 0.1) is 11.3 Å². The van der Waals surface area contributed by atoms with Crippen LogP contribution in [0.2, 0.25) is 5.02 Å². The number of piperidine rings is 1. The van der Waals surface area contributed by atoms with Gasteiger partial charge in [-0.25, -0.2) is 4.98 Å². The van der Waals surface area contributed by atoms with Crippen molar-refractivity contribution in [3.8, 4) is 0 Å². The molecule has 4 rings (SSSR count). The number of halogens is 1. The minimum atomic E-state index is -0.217. The highest BCUT2D eigenvalue weighted by Crippen LogP contribution is 2.42. The van der Waals surface area contributed by atoms with Crippen LogP contribution in [-0.4, -0.2) is 45.9 Å². The monoisotopic (exact) mass is 549 g/mol. The van der Waals surface area contributed by atoms with E-state index >= 15 is 0 Å². The van der Waals surface area contributed by atoms with Gasteiger partial charge in [0, 0.05) is 36.0 Å². The van der Waals surface area contributed by atoms with Gasteiger partial charge in [0.15, 0.2) is 0 Å². The Balaban J connectivity index is 0.00000228. The number of amides is 1. The van der Waals surface area contributed by atoms with Crippen LogP contribution in [0.5, 0.6) is 0 Å². The molecule has 2 aliphatic rings. The molecule has 0 spiro atoms. The number of thiazole rings is 1. The van der Waals surface area contributed by atoms with E-state index in [2.05, 4.69) is 79.7 Å². The summed E-state index contributed by atoms with van der Waals surface area (Å²) in [5.41, 5.74) is 2.32. The third-order valence-electron chi connectivity index (χ3n) is 7.12. The Hall–Kier alpha value is -2.03. The normalized spacial score (nSPS) is 21.0. The van der Waals surface area contributed by atoms with Crippen molar-refractivity contribution in [1.29, 1.82) is 0 Å². The number of likely N-dealkylation sites (tertiary alicyclic amines) is 1. The second-order valence-electron chi connectivity index (χ2n) is 10.6. The second-order valence-corrected chi connectivity index (χ2v) is 11.9. The van der Waals surface area contributed by atoms with Crippen LogP contribution in [0.4, 0.5) is 0 Å². The summed E-state index contributed by atoms with van der Waals surface area (Å²) in [7, 11) is 0. The lowest BCUT2D eigenvalue weighted by Crippen LogP contribution is -2.54. The predicted molar refractivity (Wildman–Crippen MR) is 156 cm³/mol. The first-order valence-corrected chi connectivity index (χ1v) is 13.6. The van der Waals surface area contributed by atoms with E-state index in [1.165, 1.54) is 5.56 Å². The van der Waals surface area contributed by atoms with Gasteiger partial charge >= 0.3 is 0 Å². The summed E-state index contributed by atoms with van der Waals surface area (Å²) in [5.74, 6) is 1.19. The molecule has 1 aromatic carbocycles. The molecule has 8 heteroatoms. The van der Waals surface area contributed by atoms with Gasteiger partial charge in [0.05, 0.1) is 11.7 Å². The third-order valence-corrected chi connectivity index (χ3v) is 8.39. The molecule has 0 bridgehead atoms. The smallest absolute Gasteiger partial charge is 0.239 e. The molecule has 0 radical (unpaired) electrons. The number of benzene rings is 1. The van der Waals surface area contributed by atoms with Crippen molar-refractivity contribution in [3.05, 3.63) is 75.2 Å². The first kappa shape index (κ1) is 33.0. The van der Waals surface area contributed by atoms with Crippen LogP contribution in [0.25, 0.3) is 0 Å². The van der Waals surface area contributed by atoms with Crippen molar-refractivity contribution in [2.24, 2.45) is 11.3 Å². The summed E-state index contributed by atoms with van der Waals surface area (Å²) < 4.78 is 0. The summed E-state index contributed by atoms with van der Waals surface area (Å²) >= 11 is 7.81. The largest absolute Gasteiger partial charge is 0.412 e. The number of aromatic nitrogens is 1. The molecule has 1 aliphatic heterocycles. The summed E-state index contributed by atoms with van der Waals surface area (Å²) in [6, 6.07) is 7.98. The Labute approximate surface area is 231 Å². The van der Waals surface area contributed by atoms with E-state index in [1.807, 2.05) is 12.1 Å². The molecule has 1 aromatic heterocycles.